The van der Waals surface area contributed by atoms with Crippen LogP contribution in [-0.4, -0.2) is 11.6 Å². The van der Waals surface area contributed by atoms with E-state index in [1.165, 1.54) is 36.4 Å². The highest BCUT2D eigenvalue weighted by molar-refractivity contribution is 6.41. The summed E-state index contributed by atoms with van der Waals surface area (Å²) in [7, 11) is 0. The molecule has 0 saturated heterocycles. The van der Waals surface area contributed by atoms with Crippen LogP contribution in [0.1, 0.15) is 26.3 Å². The molecule has 4 rings (SSSR count). The summed E-state index contributed by atoms with van der Waals surface area (Å²) in [6.45, 7) is 0. The maximum atomic E-state index is 14.4. The number of halogens is 2. The second-order valence-corrected chi connectivity index (χ2v) is 5.98. The van der Waals surface area contributed by atoms with E-state index in [9.17, 15) is 18.4 Å². The number of ketones is 2. The molecule has 3 aromatic rings. The number of carbonyl (C=O) groups is 2. The van der Waals surface area contributed by atoms with E-state index in [-0.39, 0.29) is 28.6 Å². The lowest BCUT2D eigenvalue weighted by molar-refractivity contribution is 0.0990. The smallest absolute Gasteiger partial charge is 0.197 e. The van der Waals surface area contributed by atoms with Crippen molar-refractivity contribution in [2.75, 3.05) is 0 Å². The van der Waals surface area contributed by atoms with Gasteiger partial charge in [-0.3, -0.25) is 9.59 Å². The fraction of sp³-hybridized carbons (Fsp3) is 0. The Hall–Kier alpha value is -3.60. The second-order valence-electron chi connectivity index (χ2n) is 5.98. The lowest BCUT2D eigenvalue weighted by Crippen LogP contribution is -2.00. The first-order valence-electron chi connectivity index (χ1n) is 8.16. The van der Waals surface area contributed by atoms with E-state index in [4.69, 9.17) is 4.74 Å². The lowest BCUT2D eigenvalue weighted by Gasteiger charge is -2.08. The molecule has 0 N–H and O–H groups in total. The first-order chi connectivity index (χ1) is 13.0. The van der Waals surface area contributed by atoms with E-state index >= 15 is 0 Å². The summed E-state index contributed by atoms with van der Waals surface area (Å²) in [5.41, 5.74) is 0.999. The molecule has 1 aliphatic rings. The highest BCUT2D eigenvalue weighted by Gasteiger charge is 2.32. The zero-order valence-corrected chi connectivity index (χ0v) is 13.9. The van der Waals surface area contributed by atoms with Crippen LogP contribution in [0.3, 0.4) is 0 Å². The molecule has 0 bridgehead atoms. The summed E-state index contributed by atoms with van der Waals surface area (Å²) in [6, 6.07) is 16.2. The molecular formula is C22H12F2O3. The van der Waals surface area contributed by atoms with Crippen LogP contribution in [0.15, 0.2) is 72.3 Å². The predicted octanol–water partition coefficient (Wildman–Crippen LogP) is 5.22. The third kappa shape index (κ3) is 3.04. The molecule has 3 nitrogen and oxygen atoms in total. The molecule has 5 heteroatoms. The minimum atomic E-state index is -0.733. The SMILES string of the molecule is O=C1C(=Cc2ccc(Oc3ccccc3F)c(F)c2)C(=O)c2ccccc21. The van der Waals surface area contributed by atoms with Gasteiger partial charge in [0.1, 0.15) is 0 Å². The Bertz CT molecular complexity index is 1080. The maximum Gasteiger partial charge on any atom is 0.197 e. The number of rotatable bonds is 3. The van der Waals surface area contributed by atoms with Crippen molar-refractivity contribution in [3.05, 3.63) is 101 Å². The standard InChI is InChI=1S/C22H12F2O3/c23-17-7-3-4-8-19(17)27-20-10-9-13(12-18(20)24)11-16-21(25)14-5-1-2-6-15(14)22(16)26/h1-12H. The maximum absolute atomic E-state index is 14.4. The molecular weight excluding hydrogens is 350 g/mol. The van der Waals surface area contributed by atoms with Crippen molar-refractivity contribution in [3.8, 4) is 11.5 Å². The fourth-order valence-corrected chi connectivity index (χ4v) is 2.91. The number of para-hydroxylation sites is 1. The van der Waals surface area contributed by atoms with Gasteiger partial charge in [-0.25, -0.2) is 8.78 Å². The number of hydrogen-bond donors (Lipinski definition) is 0. The molecule has 0 aromatic heterocycles. The minimum absolute atomic E-state index is 0.0154. The molecule has 0 radical (unpaired) electrons. The fourth-order valence-electron chi connectivity index (χ4n) is 2.91. The van der Waals surface area contributed by atoms with Gasteiger partial charge < -0.3 is 4.74 Å². The van der Waals surface area contributed by atoms with Crippen LogP contribution in [0.5, 0.6) is 11.5 Å². The molecule has 132 valence electrons. The van der Waals surface area contributed by atoms with Gasteiger partial charge in [0.25, 0.3) is 0 Å². The number of carbonyl (C=O) groups excluding carboxylic acids is 2. The van der Waals surface area contributed by atoms with Gasteiger partial charge in [0, 0.05) is 11.1 Å². The Morgan fingerprint density at radius 1 is 0.704 bits per heavy atom. The lowest BCUT2D eigenvalue weighted by atomic mass is 10.1. The Kier molecular flexibility index (Phi) is 4.12. The number of hydrogen-bond acceptors (Lipinski definition) is 3. The van der Waals surface area contributed by atoms with Crippen LogP contribution in [-0.2, 0) is 0 Å². The van der Waals surface area contributed by atoms with Crippen LogP contribution in [0.2, 0.25) is 0 Å². The molecule has 0 spiro atoms. The van der Waals surface area contributed by atoms with Gasteiger partial charge in [0.15, 0.2) is 34.7 Å². The van der Waals surface area contributed by atoms with Gasteiger partial charge in [0.05, 0.1) is 5.57 Å². The van der Waals surface area contributed by atoms with Gasteiger partial charge in [-0.05, 0) is 35.9 Å². The molecule has 0 amide bonds. The summed E-state index contributed by atoms with van der Waals surface area (Å²) < 4.78 is 33.2. The summed E-state index contributed by atoms with van der Waals surface area (Å²) in [4.78, 5) is 24.8. The van der Waals surface area contributed by atoms with Crippen LogP contribution in [0.4, 0.5) is 8.78 Å². The Morgan fingerprint density at radius 2 is 1.30 bits per heavy atom. The Labute approximate surface area is 153 Å². The van der Waals surface area contributed by atoms with Crippen LogP contribution < -0.4 is 4.74 Å². The highest BCUT2D eigenvalue weighted by Crippen LogP contribution is 2.30. The molecule has 1 aliphatic carbocycles. The summed E-state index contributed by atoms with van der Waals surface area (Å²) in [5.74, 6) is -2.37. The van der Waals surface area contributed by atoms with Gasteiger partial charge in [-0.2, -0.15) is 0 Å². The van der Waals surface area contributed by atoms with Crippen LogP contribution >= 0.6 is 0 Å². The highest BCUT2D eigenvalue weighted by atomic mass is 19.1. The monoisotopic (exact) mass is 362 g/mol. The molecule has 27 heavy (non-hydrogen) atoms. The summed E-state index contributed by atoms with van der Waals surface area (Å²) >= 11 is 0. The zero-order chi connectivity index (χ0) is 19.0. The molecule has 0 heterocycles. The number of fused-ring (bicyclic) bond motifs is 1. The minimum Gasteiger partial charge on any atom is -0.451 e. The third-order valence-electron chi connectivity index (χ3n) is 4.23. The molecule has 0 saturated carbocycles. The van der Waals surface area contributed by atoms with Crippen molar-refractivity contribution in [1.82, 2.24) is 0 Å². The molecule has 0 aliphatic heterocycles. The van der Waals surface area contributed by atoms with E-state index in [0.717, 1.165) is 6.07 Å². The van der Waals surface area contributed by atoms with E-state index in [0.29, 0.717) is 16.7 Å². The van der Waals surface area contributed by atoms with Crippen molar-refractivity contribution < 1.29 is 23.1 Å². The normalized spacial score (nSPS) is 12.9. The van der Waals surface area contributed by atoms with E-state index in [2.05, 4.69) is 0 Å². The average molecular weight is 362 g/mol. The molecule has 3 aromatic carbocycles. The van der Waals surface area contributed by atoms with Gasteiger partial charge in [-0.1, -0.05) is 42.5 Å². The number of Topliss-reactive ketones (excluding diaryl/α,β-unsaturated/α-hetero) is 2. The van der Waals surface area contributed by atoms with Gasteiger partial charge in [-0.15, -0.1) is 0 Å². The van der Waals surface area contributed by atoms with E-state index in [1.807, 2.05) is 0 Å². The second kappa shape index (κ2) is 6.61. The molecule has 0 atom stereocenters. The Balaban J connectivity index is 1.64. The van der Waals surface area contributed by atoms with E-state index < -0.39 is 11.6 Å². The molecule has 0 fully saturated rings. The largest absolute Gasteiger partial charge is 0.451 e. The quantitative estimate of drug-likeness (QED) is 0.474. The van der Waals surface area contributed by atoms with Crippen molar-refractivity contribution in [2.45, 2.75) is 0 Å². The van der Waals surface area contributed by atoms with Gasteiger partial charge in [0.2, 0.25) is 0 Å². The zero-order valence-electron chi connectivity index (χ0n) is 13.9. The average Bonchev–Trinajstić information content (AvgIpc) is 2.91. The van der Waals surface area contributed by atoms with Crippen LogP contribution in [0, 0.1) is 11.6 Å². The third-order valence-corrected chi connectivity index (χ3v) is 4.23. The number of ether oxygens (including phenoxy) is 1. The first kappa shape index (κ1) is 16.8. The topological polar surface area (TPSA) is 43.4 Å². The van der Waals surface area contributed by atoms with Crippen molar-refractivity contribution >= 4 is 17.6 Å². The summed E-state index contributed by atoms with van der Waals surface area (Å²) in [6.07, 6.45) is 1.35. The van der Waals surface area contributed by atoms with Crippen molar-refractivity contribution in [2.24, 2.45) is 0 Å². The molecule has 0 unspecified atom stereocenters. The van der Waals surface area contributed by atoms with E-state index in [1.54, 1.807) is 30.3 Å². The predicted molar refractivity (Wildman–Crippen MR) is 96.0 cm³/mol. The summed E-state index contributed by atoms with van der Waals surface area (Å²) in [5, 5.41) is 0. The van der Waals surface area contributed by atoms with Crippen molar-refractivity contribution in [3.63, 3.8) is 0 Å². The Morgan fingerprint density at radius 3 is 1.93 bits per heavy atom. The number of allylic oxidation sites excluding steroid dienone is 1. The van der Waals surface area contributed by atoms with Crippen LogP contribution in [0.25, 0.3) is 6.08 Å². The van der Waals surface area contributed by atoms with Gasteiger partial charge >= 0.3 is 0 Å². The number of benzene rings is 3. The van der Waals surface area contributed by atoms with Crippen molar-refractivity contribution in [1.29, 1.82) is 0 Å². The first-order valence-corrected chi connectivity index (χ1v) is 8.16.